The van der Waals surface area contributed by atoms with Gasteiger partial charge in [0.05, 0.1) is 0 Å². The van der Waals surface area contributed by atoms with Crippen molar-refractivity contribution >= 4 is 11.9 Å². The zero-order valence-electron chi connectivity index (χ0n) is 12.6. The molecule has 2 atom stereocenters. The fourth-order valence-electron chi connectivity index (χ4n) is 2.25. The van der Waals surface area contributed by atoms with Crippen molar-refractivity contribution in [1.82, 2.24) is 0 Å². The number of esters is 2. The summed E-state index contributed by atoms with van der Waals surface area (Å²) in [4.78, 5) is 23.0. The first-order valence-electron chi connectivity index (χ1n) is 7.02. The van der Waals surface area contributed by atoms with Gasteiger partial charge in [-0.2, -0.15) is 0 Å². The predicted octanol–water partition coefficient (Wildman–Crippen LogP) is 3.60. The molecule has 4 nitrogen and oxygen atoms in total. The van der Waals surface area contributed by atoms with Crippen molar-refractivity contribution in [1.29, 1.82) is 0 Å². The maximum atomic E-state index is 11.5. The Morgan fingerprint density at radius 3 is 1.27 bits per heavy atom. The lowest BCUT2D eigenvalue weighted by Gasteiger charge is -2.27. The maximum Gasteiger partial charge on any atom is 0.303 e. The first kappa shape index (κ1) is 15.8. The Labute approximate surface area is 129 Å². The van der Waals surface area contributed by atoms with Gasteiger partial charge in [0, 0.05) is 13.8 Å². The van der Waals surface area contributed by atoms with E-state index in [2.05, 4.69) is 0 Å². The van der Waals surface area contributed by atoms with E-state index in [-0.39, 0.29) is 0 Å². The average Bonchev–Trinajstić information content (AvgIpc) is 2.52. The molecule has 0 fully saturated rings. The largest absolute Gasteiger partial charge is 0.453 e. The summed E-state index contributed by atoms with van der Waals surface area (Å²) >= 11 is 0. The van der Waals surface area contributed by atoms with Crippen LogP contribution in [0.25, 0.3) is 0 Å². The Morgan fingerprint density at radius 2 is 1.00 bits per heavy atom. The zero-order chi connectivity index (χ0) is 15.9. The fraction of sp³-hybridized carbons (Fsp3) is 0.222. The van der Waals surface area contributed by atoms with Crippen LogP contribution in [0.5, 0.6) is 0 Å². The molecule has 2 aromatic rings. The van der Waals surface area contributed by atoms with Gasteiger partial charge >= 0.3 is 11.9 Å². The van der Waals surface area contributed by atoms with Crippen LogP contribution in [0.1, 0.15) is 37.2 Å². The third-order valence-corrected chi connectivity index (χ3v) is 3.12. The van der Waals surface area contributed by atoms with Gasteiger partial charge in [0.25, 0.3) is 0 Å². The zero-order valence-corrected chi connectivity index (χ0v) is 12.6. The lowest BCUT2D eigenvalue weighted by molar-refractivity contribution is -0.166. The minimum absolute atomic E-state index is 0.429. The first-order chi connectivity index (χ1) is 10.6. The standard InChI is InChI=1S/C18H18O4/c1-13(19)21-17(15-9-5-3-6-10-15)18(22-14(2)20)16-11-7-4-8-12-16/h3-12,17-18H,1-2H3/t17-,18+. The highest BCUT2D eigenvalue weighted by atomic mass is 16.6. The molecule has 0 bridgehead atoms. The minimum Gasteiger partial charge on any atom is -0.453 e. The van der Waals surface area contributed by atoms with Crippen LogP contribution in [0, 0.1) is 0 Å². The molecule has 2 rings (SSSR count). The second-order valence-electron chi connectivity index (χ2n) is 4.88. The topological polar surface area (TPSA) is 52.6 Å². The molecule has 0 aliphatic rings. The van der Waals surface area contributed by atoms with Gasteiger partial charge < -0.3 is 9.47 Å². The number of carbonyl (C=O) groups excluding carboxylic acids is 2. The minimum atomic E-state index is -0.690. The van der Waals surface area contributed by atoms with Crippen LogP contribution < -0.4 is 0 Å². The third kappa shape index (κ3) is 4.19. The van der Waals surface area contributed by atoms with Crippen molar-refractivity contribution in [2.24, 2.45) is 0 Å². The van der Waals surface area contributed by atoms with E-state index in [1.165, 1.54) is 13.8 Å². The van der Waals surface area contributed by atoms with Gasteiger partial charge in [0.2, 0.25) is 0 Å². The predicted molar refractivity (Wildman–Crippen MR) is 81.9 cm³/mol. The Bertz CT molecular complexity index is 565. The van der Waals surface area contributed by atoms with E-state index in [0.717, 1.165) is 11.1 Å². The van der Waals surface area contributed by atoms with Crippen LogP contribution >= 0.6 is 0 Å². The third-order valence-electron chi connectivity index (χ3n) is 3.12. The number of hydrogen-bond acceptors (Lipinski definition) is 4. The molecule has 0 N–H and O–H groups in total. The molecule has 0 aliphatic heterocycles. The lowest BCUT2D eigenvalue weighted by atomic mass is 9.98. The van der Waals surface area contributed by atoms with Gasteiger partial charge in [-0.25, -0.2) is 0 Å². The SMILES string of the molecule is CC(=O)O[C@H](c1ccccc1)[C@@H](OC(C)=O)c1ccccc1. The maximum absolute atomic E-state index is 11.5. The smallest absolute Gasteiger partial charge is 0.303 e. The normalized spacial score (nSPS) is 13.0. The highest BCUT2D eigenvalue weighted by molar-refractivity contribution is 5.67. The molecular weight excluding hydrogens is 280 g/mol. The molecule has 0 aromatic heterocycles. The monoisotopic (exact) mass is 298 g/mol. The van der Waals surface area contributed by atoms with Crippen LogP contribution in [0.15, 0.2) is 60.7 Å². The van der Waals surface area contributed by atoms with E-state index < -0.39 is 24.1 Å². The van der Waals surface area contributed by atoms with E-state index in [1.54, 1.807) is 0 Å². The number of carbonyl (C=O) groups is 2. The summed E-state index contributed by atoms with van der Waals surface area (Å²) in [7, 11) is 0. The number of hydrogen-bond donors (Lipinski definition) is 0. The Hall–Kier alpha value is -2.62. The van der Waals surface area contributed by atoms with E-state index >= 15 is 0 Å². The van der Waals surface area contributed by atoms with Gasteiger partial charge in [-0.15, -0.1) is 0 Å². The molecule has 0 saturated carbocycles. The Kier molecular flexibility index (Phi) is 5.31. The van der Waals surface area contributed by atoms with Gasteiger partial charge in [-0.1, -0.05) is 60.7 Å². The lowest BCUT2D eigenvalue weighted by Crippen LogP contribution is -2.21. The van der Waals surface area contributed by atoms with Crippen LogP contribution in [0.3, 0.4) is 0 Å². The molecule has 0 aliphatic carbocycles. The van der Waals surface area contributed by atoms with Crippen LogP contribution in [-0.4, -0.2) is 11.9 Å². The fourth-order valence-corrected chi connectivity index (χ4v) is 2.25. The summed E-state index contributed by atoms with van der Waals surface area (Å²) in [5.74, 6) is -0.858. The second-order valence-corrected chi connectivity index (χ2v) is 4.88. The number of ether oxygens (including phenoxy) is 2. The van der Waals surface area contributed by atoms with E-state index in [9.17, 15) is 9.59 Å². The van der Waals surface area contributed by atoms with E-state index in [0.29, 0.717) is 0 Å². The molecule has 22 heavy (non-hydrogen) atoms. The molecule has 4 heteroatoms. The number of rotatable bonds is 5. The van der Waals surface area contributed by atoms with Crippen LogP contribution in [0.2, 0.25) is 0 Å². The average molecular weight is 298 g/mol. The summed E-state index contributed by atoms with van der Waals surface area (Å²) in [5, 5.41) is 0. The molecule has 0 heterocycles. The van der Waals surface area contributed by atoms with Gasteiger partial charge in [0.1, 0.15) is 0 Å². The van der Waals surface area contributed by atoms with Crippen molar-refractivity contribution in [3.05, 3.63) is 71.8 Å². The van der Waals surface area contributed by atoms with Crippen molar-refractivity contribution in [3.8, 4) is 0 Å². The summed E-state index contributed by atoms with van der Waals surface area (Å²) in [6, 6.07) is 18.5. The van der Waals surface area contributed by atoms with Gasteiger partial charge in [-0.05, 0) is 11.1 Å². The van der Waals surface area contributed by atoms with Crippen molar-refractivity contribution in [3.63, 3.8) is 0 Å². The molecule has 114 valence electrons. The molecule has 0 amide bonds. The summed E-state index contributed by atoms with van der Waals surface area (Å²) < 4.78 is 10.9. The Balaban J connectivity index is 2.43. The quantitative estimate of drug-likeness (QED) is 0.791. The van der Waals surface area contributed by atoms with Gasteiger partial charge in [-0.3, -0.25) is 9.59 Å². The van der Waals surface area contributed by atoms with E-state index in [4.69, 9.17) is 9.47 Å². The summed E-state index contributed by atoms with van der Waals surface area (Å²) in [5.41, 5.74) is 1.54. The molecule has 0 spiro atoms. The molecule has 0 unspecified atom stereocenters. The molecule has 0 radical (unpaired) electrons. The van der Waals surface area contributed by atoms with Crippen molar-refractivity contribution in [2.45, 2.75) is 26.1 Å². The molecular formula is C18H18O4. The van der Waals surface area contributed by atoms with E-state index in [1.807, 2.05) is 60.7 Å². The molecule has 0 saturated heterocycles. The first-order valence-corrected chi connectivity index (χ1v) is 7.02. The van der Waals surface area contributed by atoms with Crippen molar-refractivity contribution < 1.29 is 19.1 Å². The number of benzene rings is 2. The van der Waals surface area contributed by atoms with Crippen LogP contribution in [-0.2, 0) is 19.1 Å². The summed E-state index contributed by atoms with van der Waals surface area (Å²) in [6.07, 6.45) is -1.38. The van der Waals surface area contributed by atoms with Gasteiger partial charge in [0.15, 0.2) is 12.2 Å². The van der Waals surface area contributed by atoms with Crippen molar-refractivity contribution in [2.75, 3.05) is 0 Å². The van der Waals surface area contributed by atoms with Crippen LogP contribution in [0.4, 0.5) is 0 Å². The highest BCUT2D eigenvalue weighted by Crippen LogP contribution is 2.35. The second kappa shape index (κ2) is 7.41. The summed E-state index contributed by atoms with van der Waals surface area (Å²) in [6.45, 7) is 2.68. The highest BCUT2D eigenvalue weighted by Gasteiger charge is 2.30. The Morgan fingerprint density at radius 1 is 0.682 bits per heavy atom. The molecule has 2 aromatic carbocycles.